The van der Waals surface area contributed by atoms with Crippen molar-refractivity contribution in [1.29, 1.82) is 0 Å². The molecular formula is C10H13N3O4S. The lowest BCUT2D eigenvalue weighted by molar-refractivity contribution is -0.140. The Morgan fingerprint density at radius 2 is 2.17 bits per heavy atom. The smallest absolute Gasteiger partial charge is 0.326 e. The van der Waals surface area contributed by atoms with Gasteiger partial charge in [0.2, 0.25) is 5.91 Å². The predicted octanol–water partition coefficient (Wildman–Crippen LogP) is -0.124. The normalized spacial score (nSPS) is 11.6. The highest BCUT2D eigenvalue weighted by Gasteiger charge is 2.21. The Bertz CT molecular complexity index is 432. The van der Waals surface area contributed by atoms with Crippen LogP contribution < -0.4 is 16.4 Å². The highest BCUT2D eigenvalue weighted by atomic mass is 32.1. The third-order valence-electron chi connectivity index (χ3n) is 2.04. The third kappa shape index (κ3) is 4.83. The number of rotatable bonds is 6. The molecule has 8 heteroatoms. The summed E-state index contributed by atoms with van der Waals surface area (Å²) in [5.74, 6) is -2.10. The summed E-state index contributed by atoms with van der Waals surface area (Å²) < 4.78 is 0. The molecule has 1 aromatic heterocycles. The van der Waals surface area contributed by atoms with E-state index in [9.17, 15) is 14.4 Å². The fourth-order valence-electron chi connectivity index (χ4n) is 1.19. The number of aliphatic carboxylic acids is 1. The first-order valence-corrected chi connectivity index (χ1v) is 6.00. The summed E-state index contributed by atoms with van der Waals surface area (Å²) in [7, 11) is 0. The van der Waals surface area contributed by atoms with Crippen molar-refractivity contribution in [3.05, 3.63) is 22.4 Å². The van der Waals surface area contributed by atoms with Gasteiger partial charge in [-0.1, -0.05) is 0 Å². The van der Waals surface area contributed by atoms with E-state index in [1.807, 2.05) is 16.8 Å². The Labute approximate surface area is 107 Å². The number of thiophene rings is 1. The van der Waals surface area contributed by atoms with Gasteiger partial charge in [0.25, 0.3) is 0 Å². The molecule has 0 aromatic carbocycles. The number of nitrogens with two attached hydrogens (primary N) is 1. The van der Waals surface area contributed by atoms with Crippen molar-refractivity contribution in [2.45, 2.75) is 19.0 Å². The SMILES string of the molecule is NC(=O)C[C@H](NC(=O)NCc1ccsc1)C(=O)O. The molecule has 0 aliphatic rings. The van der Waals surface area contributed by atoms with E-state index in [0.29, 0.717) is 0 Å². The van der Waals surface area contributed by atoms with Gasteiger partial charge in [-0.25, -0.2) is 9.59 Å². The Hall–Kier alpha value is -2.09. The van der Waals surface area contributed by atoms with Crippen LogP contribution in [0.25, 0.3) is 0 Å². The van der Waals surface area contributed by atoms with Crippen molar-refractivity contribution >= 4 is 29.2 Å². The average molecular weight is 271 g/mol. The van der Waals surface area contributed by atoms with Crippen molar-refractivity contribution in [3.8, 4) is 0 Å². The minimum atomic E-state index is -1.31. The van der Waals surface area contributed by atoms with Crippen molar-refractivity contribution in [2.75, 3.05) is 0 Å². The van der Waals surface area contributed by atoms with Gasteiger partial charge in [0, 0.05) is 6.54 Å². The fourth-order valence-corrected chi connectivity index (χ4v) is 1.85. The summed E-state index contributed by atoms with van der Waals surface area (Å²) in [6.07, 6.45) is -0.443. The minimum absolute atomic E-state index is 0.290. The molecule has 1 heterocycles. The number of carboxylic acids is 1. The summed E-state index contributed by atoms with van der Waals surface area (Å²) in [5, 5.41) is 17.1. The number of urea groups is 1. The summed E-state index contributed by atoms with van der Waals surface area (Å²) in [4.78, 5) is 32.8. The largest absolute Gasteiger partial charge is 0.480 e. The molecule has 0 aliphatic heterocycles. The van der Waals surface area contributed by atoms with Crippen LogP contribution in [-0.4, -0.2) is 29.1 Å². The number of carbonyl (C=O) groups excluding carboxylic acids is 2. The monoisotopic (exact) mass is 271 g/mol. The lowest BCUT2D eigenvalue weighted by Gasteiger charge is -2.13. The summed E-state index contributed by atoms with van der Waals surface area (Å²) in [6.45, 7) is 0.290. The number of carboxylic acid groups (broad SMARTS) is 1. The first-order valence-electron chi connectivity index (χ1n) is 5.05. The summed E-state index contributed by atoms with van der Waals surface area (Å²) in [5.41, 5.74) is 5.80. The van der Waals surface area contributed by atoms with E-state index in [1.165, 1.54) is 11.3 Å². The molecule has 98 valence electrons. The van der Waals surface area contributed by atoms with E-state index in [4.69, 9.17) is 10.8 Å². The van der Waals surface area contributed by atoms with Gasteiger partial charge in [-0.3, -0.25) is 4.79 Å². The Kier molecular flexibility index (Phi) is 5.12. The van der Waals surface area contributed by atoms with E-state index in [0.717, 1.165) is 5.56 Å². The number of primary amides is 1. The number of amides is 3. The van der Waals surface area contributed by atoms with Crippen LogP contribution in [0.4, 0.5) is 4.79 Å². The zero-order chi connectivity index (χ0) is 13.5. The van der Waals surface area contributed by atoms with Crippen molar-refractivity contribution in [3.63, 3.8) is 0 Å². The molecule has 5 N–H and O–H groups in total. The quantitative estimate of drug-likeness (QED) is 0.576. The average Bonchev–Trinajstić information content (AvgIpc) is 2.77. The molecule has 3 amide bonds. The molecule has 0 spiro atoms. The zero-order valence-corrected chi connectivity index (χ0v) is 10.2. The van der Waals surface area contributed by atoms with Gasteiger partial charge in [0.05, 0.1) is 6.42 Å². The first-order chi connectivity index (χ1) is 8.49. The second-order valence-corrected chi connectivity index (χ2v) is 4.30. The highest BCUT2D eigenvalue weighted by molar-refractivity contribution is 7.07. The maximum atomic E-state index is 11.4. The molecular weight excluding hydrogens is 258 g/mol. The summed E-state index contributed by atoms with van der Waals surface area (Å²) >= 11 is 1.49. The van der Waals surface area contributed by atoms with Gasteiger partial charge in [0.15, 0.2) is 0 Å². The topological polar surface area (TPSA) is 122 Å². The second-order valence-electron chi connectivity index (χ2n) is 3.52. The van der Waals surface area contributed by atoms with Crippen molar-refractivity contribution in [2.24, 2.45) is 5.73 Å². The van der Waals surface area contributed by atoms with E-state index in [1.54, 1.807) is 0 Å². The third-order valence-corrected chi connectivity index (χ3v) is 2.77. The van der Waals surface area contributed by atoms with Crippen LogP contribution in [0.3, 0.4) is 0 Å². The maximum Gasteiger partial charge on any atom is 0.326 e. The van der Waals surface area contributed by atoms with Gasteiger partial charge >= 0.3 is 12.0 Å². The molecule has 0 aliphatic carbocycles. The Morgan fingerprint density at radius 3 is 2.67 bits per heavy atom. The number of carbonyl (C=O) groups is 3. The molecule has 0 radical (unpaired) electrons. The second kappa shape index (κ2) is 6.60. The van der Waals surface area contributed by atoms with Crippen LogP contribution in [0, 0.1) is 0 Å². The van der Waals surface area contributed by atoms with Gasteiger partial charge < -0.3 is 21.5 Å². The standard InChI is InChI=1S/C10H13N3O4S/c11-8(14)3-7(9(15)16)13-10(17)12-4-6-1-2-18-5-6/h1-2,5,7H,3-4H2,(H2,11,14)(H,15,16)(H2,12,13,17)/t7-/m0/s1. The van der Waals surface area contributed by atoms with E-state index >= 15 is 0 Å². The molecule has 1 aromatic rings. The van der Waals surface area contributed by atoms with E-state index < -0.39 is 30.4 Å². The number of hydrogen-bond donors (Lipinski definition) is 4. The number of hydrogen-bond acceptors (Lipinski definition) is 4. The maximum absolute atomic E-state index is 11.4. The molecule has 0 unspecified atom stereocenters. The molecule has 0 saturated carbocycles. The fraction of sp³-hybridized carbons (Fsp3) is 0.300. The van der Waals surface area contributed by atoms with Crippen LogP contribution >= 0.6 is 11.3 Å². The van der Waals surface area contributed by atoms with Crippen LogP contribution in [0.5, 0.6) is 0 Å². The Morgan fingerprint density at radius 1 is 1.44 bits per heavy atom. The van der Waals surface area contributed by atoms with Crippen LogP contribution in [0.1, 0.15) is 12.0 Å². The predicted molar refractivity (Wildman–Crippen MR) is 64.9 cm³/mol. The van der Waals surface area contributed by atoms with E-state index in [2.05, 4.69) is 10.6 Å². The van der Waals surface area contributed by atoms with Gasteiger partial charge in [-0.05, 0) is 22.4 Å². The minimum Gasteiger partial charge on any atom is -0.480 e. The van der Waals surface area contributed by atoms with Crippen LogP contribution in [0.15, 0.2) is 16.8 Å². The molecule has 7 nitrogen and oxygen atoms in total. The molecule has 1 rings (SSSR count). The zero-order valence-electron chi connectivity index (χ0n) is 9.38. The van der Waals surface area contributed by atoms with Crippen LogP contribution in [0.2, 0.25) is 0 Å². The lowest BCUT2D eigenvalue weighted by atomic mass is 10.2. The molecule has 0 fully saturated rings. The summed E-state index contributed by atoms with van der Waals surface area (Å²) in [6, 6.07) is -0.136. The molecule has 0 saturated heterocycles. The van der Waals surface area contributed by atoms with Crippen molar-refractivity contribution < 1.29 is 19.5 Å². The first kappa shape index (κ1) is 14.0. The molecule has 18 heavy (non-hydrogen) atoms. The highest BCUT2D eigenvalue weighted by Crippen LogP contribution is 2.04. The lowest BCUT2D eigenvalue weighted by Crippen LogP contribution is -2.47. The van der Waals surface area contributed by atoms with Gasteiger partial charge in [0.1, 0.15) is 6.04 Å². The van der Waals surface area contributed by atoms with Crippen molar-refractivity contribution in [1.82, 2.24) is 10.6 Å². The van der Waals surface area contributed by atoms with Gasteiger partial charge in [-0.15, -0.1) is 0 Å². The van der Waals surface area contributed by atoms with Crippen LogP contribution in [-0.2, 0) is 16.1 Å². The van der Waals surface area contributed by atoms with Gasteiger partial charge in [-0.2, -0.15) is 11.3 Å². The number of nitrogens with one attached hydrogen (secondary N) is 2. The van der Waals surface area contributed by atoms with E-state index in [-0.39, 0.29) is 6.54 Å². The Balaban J connectivity index is 2.41. The molecule has 1 atom stereocenters. The molecule has 0 bridgehead atoms.